The summed E-state index contributed by atoms with van der Waals surface area (Å²) >= 11 is 0. The van der Waals surface area contributed by atoms with E-state index in [2.05, 4.69) is 22.1 Å². The van der Waals surface area contributed by atoms with Crippen LogP contribution >= 0.6 is 0 Å². The predicted octanol–water partition coefficient (Wildman–Crippen LogP) is -0.359. The van der Waals surface area contributed by atoms with Gasteiger partial charge in [-0.1, -0.05) is 24.8 Å². The van der Waals surface area contributed by atoms with Gasteiger partial charge in [0.05, 0.1) is 13.0 Å². The van der Waals surface area contributed by atoms with Crippen molar-refractivity contribution >= 4 is 17.5 Å². The average Bonchev–Trinajstić information content (AvgIpc) is 2.66. The highest BCUT2D eigenvalue weighted by molar-refractivity contribution is 5.99. The van der Waals surface area contributed by atoms with Crippen molar-refractivity contribution in [2.45, 2.75) is 19.5 Å². The summed E-state index contributed by atoms with van der Waals surface area (Å²) in [6.07, 6.45) is 1.24. The van der Waals surface area contributed by atoms with E-state index in [4.69, 9.17) is 0 Å². The average molecular weight is 355 g/mol. The Morgan fingerprint density at radius 2 is 2.04 bits per heavy atom. The second kappa shape index (κ2) is 7.18. The van der Waals surface area contributed by atoms with E-state index in [0.717, 1.165) is 6.08 Å². The number of carbonyl (C=O) groups is 2. The van der Waals surface area contributed by atoms with E-state index in [0.29, 0.717) is 23.6 Å². The number of H-pyrrole nitrogens is 1. The van der Waals surface area contributed by atoms with Crippen LogP contribution in [0.3, 0.4) is 0 Å². The molecule has 134 valence electrons. The Labute approximate surface area is 148 Å². The van der Waals surface area contributed by atoms with Crippen molar-refractivity contribution in [1.29, 1.82) is 0 Å². The lowest BCUT2D eigenvalue weighted by atomic mass is 10.1. The van der Waals surface area contributed by atoms with Gasteiger partial charge in [0.1, 0.15) is 0 Å². The van der Waals surface area contributed by atoms with Crippen molar-refractivity contribution < 1.29 is 9.59 Å². The third-order valence-corrected chi connectivity index (χ3v) is 4.12. The normalized spacial score (nSPS) is 13.0. The molecule has 2 N–H and O–H groups in total. The maximum absolute atomic E-state index is 12.6. The number of anilines is 1. The van der Waals surface area contributed by atoms with Gasteiger partial charge >= 0.3 is 11.1 Å². The van der Waals surface area contributed by atoms with Crippen molar-refractivity contribution in [1.82, 2.24) is 19.7 Å². The van der Waals surface area contributed by atoms with Crippen LogP contribution < -0.4 is 16.4 Å². The van der Waals surface area contributed by atoms with Gasteiger partial charge in [0, 0.05) is 18.8 Å². The van der Waals surface area contributed by atoms with E-state index in [1.807, 2.05) is 0 Å². The first-order valence-electron chi connectivity index (χ1n) is 7.97. The number of hydrogen-bond donors (Lipinski definition) is 2. The molecule has 2 heterocycles. The lowest BCUT2D eigenvalue weighted by molar-refractivity contribution is -0.132. The number of aromatic nitrogens is 3. The Morgan fingerprint density at radius 1 is 1.27 bits per heavy atom. The Bertz CT molecular complexity index is 991. The second-order valence-corrected chi connectivity index (χ2v) is 5.77. The third-order valence-electron chi connectivity index (χ3n) is 4.12. The van der Waals surface area contributed by atoms with Gasteiger partial charge in [-0.2, -0.15) is 5.10 Å². The molecular formula is C17H17N5O4. The standard InChI is InChI=1S/C17H17N5O4/c1-2-14(23)18-12-6-4-3-5-11(12)9-15(24)21-7-8-22-13(10-21)19-20-16(25)17(22)26/h2-6H,1,7-10H2,(H,18,23)(H,20,25). The van der Waals surface area contributed by atoms with Crippen molar-refractivity contribution in [3.63, 3.8) is 0 Å². The fraction of sp³-hybridized carbons (Fsp3) is 0.235. The molecule has 9 heteroatoms. The molecule has 1 aliphatic rings. The summed E-state index contributed by atoms with van der Waals surface area (Å²) < 4.78 is 1.28. The van der Waals surface area contributed by atoms with Crippen LogP contribution in [0.4, 0.5) is 5.69 Å². The predicted molar refractivity (Wildman–Crippen MR) is 93.5 cm³/mol. The zero-order chi connectivity index (χ0) is 18.7. The fourth-order valence-electron chi connectivity index (χ4n) is 2.75. The number of nitrogens with zero attached hydrogens (tertiary/aromatic N) is 3. The Balaban J connectivity index is 1.76. The van der Waals surface area contributed by atoms with Crippen LogP contribution in [0.1, 0.15) is 11.4 Å². The molecule has 0 aliphatic carbocycles. The molecule has 0 saturated carbocycles. The van der Waals surface area contributed by atoms with E-state index in [1.54, 1.807) is 29.2 Å². The van der Waals surface area contributed by atoms with Crippen LogP contribution in [-0.4, -0.2) is 38.0 Å². The molecule has 3 rings (SSSR count). The van der Waals surface area contributed by atoms with Crippen molar-refractivity contribution in [2.75, 3.05) is 11.9 Å². The molecular weight excluding hydrogens is 338 g/mol. The summed E-state index contributed by atoms with van der Waals surface area (Å²) in [6, 6.07) is 7.01. The van der Waals surface area contributed by atoms with Gasteiger partial charge in [-0.3, -0.25) is 23.7 Å². The van der Waals surface area contributed by atoms with E-state index in [1.165, 1.54) is 4.57 Å². The molecule has 0 spiro atoms. The summed E-state index contributed by atoms with van der Waals surface area (Å²) in [5.74, 6) is -0.191. The second-order valence-electron chi connectivity index (χ2n) is 5.77. The molecule has 2 aromatic rings. The van der Waals surface area contributed by atoms with E-state index in [9.17, 15) is 19.2 Å². The molecule has 1 aromatic carbocycles. The molecule has 1 aliphatic heterocycles. The van der Waals surface area contributed by atoms with Crippen molar-refractivity contribution in [2.24, 2.45) is 0 Å². The Hall–Kier alpha value is -3.49. The van der Waals surface area contributed by atoms with Crippen molar-refractivity contribution in [3.8, 4) is 0 Å². The van der Waals surface area contributed by atoms with Gasteiger partial charge < -0.3 is 10.2 Å². The first-order chi connectivity index (χ1) is 12.5. The van der Waals surface area contributed by atoms with Gasteiger partial charge in [-0.15, -0.1) is 0 Å². The molecule has 0 unspecified atom stereocenters. The zero-order valence-electron chi connectivity index (χ0n) is 13.9. The number of rotatable bonds is 4. The van der Waals surface area contributed by atoms with E-state index >= 15 is 0 Å². The summed E-state index contributed by atoms with van der Waals surface area (Å²) in [4.78, 5) is 48.8. The molecule has 0 saturated heterocycles. The molecule has 26 heavy (non-hydrogen) atoms. The molecule has 9 nitrogen and oxygen atoms in total. The van der Waals surface area contributed by atoms with Gasteiger partial charge in [0.25, 0.3) is 0 Å². The van der Waals surface area contributed by atoms with E-state index < -0.39 is 11.1 Å². The quantitative estimate of drug-likeness (QED) is 0.574. The highest BCUT2D eigenvalue weighted by atomic mass is 16.2. The van der Waals surface area contributed by atoms with Crippen LogP contribution in [0.25, 0.3) is 0 Å². The summed E-state index contributed by atoms with van der Waals surface area (Å²) in [7, 11) is 0. The highest BCUT2D eigenvalue weighted by Gasteiger charge is 2.24. The molecule has 0 radical (unpaired) electrons. The van der Waals surface area contributed by atoms with Gasteiger partial charge in [-0.25, -0.2) is 5.10 Å². The number of fused-ring (bicyclic) bond motifs is 1. The SMILES string of the molecule is C=CC(=O)Nc1ccccc1CC(=O)N1CCn2c(n[nH]c(=O)c2=O)C1. The van der Waals surface area contributed by atoms with Gasteiger partial charge in [0.15, 0.2) is 5.82 Å². The van der Waals surface area contributed by atoms with E-state index in [-0.39, 0.29) is 31.3 Å². The molecule has 0 bridgehead atoms. The lowest BCUT2D eigenvalue weighted by Gasteiger charge is -2.28. The van der Waals surface area contributed by atoms with Crippen LogP contribution in [0.2, 0.25) is 0 Å². The highest BCUT2D eigenvalue weighted by Crippen LogP contribution is 2.18. The number of nitrogens with one attached hydrogen (secondary N) is 2. The number of hydrogen-bond acceptors (Lipinski definition) is 5. The molecule has 2 amide bonds. The molecule has 0 fully saturated rings. The van der Waals surface area contributed by atoms with Crippen LogP contribution in [0.5, 0.6) is 0 Å². The first-order valence-corrected chi connectivity index (χ1v) is 7.97. The summed E-state index contributed by atoms with van der Waals surface area (Å²) in [5, 5.41) is 8.66. The minimum atomic E-state index is -0.777. The number of aromatic amines is 1. The monoisotopic (exact) mass is 355 g/mol. The maximum atomic E-state index is 12.6. The Morgan fingerprint density at radius 3 is 2.81 bits per heavy atom. The lowest BCUT2D eigenvalue weighted by Crippen LogP contribution is -2.48. The van der Waals surface area contributed by atoms with Crippen LogP contribution in [0, 0.1) is 0 Å². The number of para-hydroxylation sites is 1. The minimum Gasteiger partial charge on any atom is -0.333 e. The molecule has 1 aromatic heterocycles. The minimum absolute atomic E-state index is 0.0845. The zero-order valence-corrected chi connectivity index (χ0v) is 13.9. The number of benzene rings is 1. The van der Waals surface area contributed by atoms with Crippen LogP contribution in [0.15, 0.2) is 46.5 Å². The number of carbonyl (C=O) groups excluding carboxylic acids is 2. The summed E-state index contributed by atoms with van der Waals surface area (Å²) in [6.45, 7) is 4.06. The maximum Gasteiger partial charge on any atom is 0.330 e. The first kappa shape index (κ1) is 17.3. The topological polar surface area (TPSA) is 117 Å². The molecule has 0 atom stereocenters. The van der Waals surface area contributed by atoms with Gasteiger partial charge in [-0.05, 0) is 17.7 Å². The largest absolute Gasteiger partial charge is 0.333 e. The van der Waals surface area contributed by atoms with Crippen LogP contribution in [-0.2, 0) is 29.1 Å². The fourth-order valence-corrected chi connectivity index (χ4v) is 2.75. The van der Waals surface area contributed by atoms with Gasteiger partial charge in [0.2, 0.25) is 11.8 Å². The smallest absolute Gasteiger partial charge is 0.330 e. The summed E-state index contributed by atoms with van der Waals surface area (Å²) in [5.41, 5.74) is -0.230. The number of amides is 2. The third kappa shape index (κ3) is 3.46. The van der Waals surface area contributed by atoms with Crippen molar-refractivity contribution in [3.05, 3.63) is 69.0 Å². The Kier molecular flexibility index (Phi) is 4.78.